The van der Waals surface area contributed by atoms with Gasteiger partial charge in [0.05, 0.1) is 8.95 Å². The minimum atomic E-state index is -0.405. The Morgan fingerprint density at radius 3 is 2.30 bits per heavy atom. The number of halogens is 2. The van der Waals surface area contributed by atoms with Gasteiger partial charge in [0.2, 0.25) is 5.91 Å². The molecule has 142 valence electrons. The van der Waals surface area contributed by atoms with Crippen LogP contribution in [-0.2, 0) is 9.59 Å². The fourth-order valence-corrected chi connectivity index (χ4v) is 3.63. The Balaban J connectivity index is 2.23. The van der Waals surface area contributed by atoms with Crippen LogP contribution in [0.2, 0.25) is 0 Å². The number of carbonyl (C=O) groups is 2. The van der Waals surface area contributed by atoms with Crippen molar-refractivity contribution in [2.24, 2.45) is 0 Å². The van der Waals surface area contributed by atoms with E-state index in [2.05, 4.69) is 37.2 Å². The van der Waals surface area contributed by atoms with Crippen LogP contribution in [0.25, 0.3) is 0 Å². The number of carbonyl (C=O) groups excluding carboxylic acids is 2. The molecule has 2 rings (SSSR count). The number of rotatable bonds is 6. The van der Waals surface area contributed by atoms with Gasteiger partial charge < -0.3 is 15.2 Å². The summed E-state index contributed by atoms with van der Waals surface area (Å²) in [4.78, 5) is 22.7. The first-order chi connectivity index (χ1) is 12.7. The first kappa shape index (κ1) is 21.2. The quantitative estimate of drug-likeness (QED) is 0.487. The van der Waals surface area contributed by atoms with Crippen LogP contribution in [0.15, 0.2) is 51.4 Å². The molecule has 7 heteroatoms. The summed E-state index contributed by atoms with van der Waals surface area (Å²) in [5.74, 6) is 0.892. The summed E-state index contributed by atoms with van der Waals surface area (Å²) in [6, 6.07) is 8.47. The van der Waals surface area contributed by atoms with Gasteiger partial charge in [-0.15, -0.1) is 0 Å². The minimum Gasteiger partial charge on any atom is -0.508 e. The molecule has 2 N–H and O–H groups in total. The van der Waals surface area contributed by atoms with Crippen molar-refractivity contribution in [2.45, 2.75) is 26.7 Å². The monoisotopic (exact) mass is 495 g/mol. The third kappa shape index (κ3) is 5.94. The molecule has 0 atom stereocenters. The molecule has 0 bridgehead atoms. The summed E-state index contributed by atoms with van der Waals surface area (Å²) in [7, 11) is 0. The number of hydrogen-bond acceptors (Lipinski definition) is 4. The number of nitrogens with one attached hydrogen (secondary N) is 1. The highest BCUT2D eigenvalue weighted by Gasteiger charge is 2.13. The van der Waals surface area contributed by atoms with Gasteiger partial charge in [-0.2, -0.15) is 0 Å². The molecular weight excluding hydrogens is 478 g/mol. The molecule has 0 aliphatic rings. The summed E-state index contributed by atoms with van der Waals surface area (Å²) in [6.07, 6.45) is 2.38. The molecule has 0 spiro atoms. The predicted octanol–water partition coefficient (Wildman–Crippen LogP) is 5.92. The lowest BCUT2D eigenvalue weighted by molar-refractivity contribution is -0.114. The summed E-state index contributed by atoms with van der Waals surface area (Å²) < 4.78 is 7.20. The van der Waals surface area contributed by atoms with E-state index in [-0.39, 0.29) is 17.5 Å². The molecule has 2 aromatic carbocycles. The molecule has 0 saturated heterocycles. The van der Waals surface area contributed by atoms with Gasteiger partial charge in [-0.3, -0.25) is 9.59 Å². The number of benzene rings is 2. The zero-order valence-corrected chi connectivity index (χ0v) is 18.2. The molecule has 1 amide bonds. The molecule has 0 fully saturated rings. The van der Waals surface area contributed by atoms with Gasteiger partial charge in [-0.25, -0.2) is 0 Å². The van der Waals surface area contributed by atoms with E-state index < -0.39 is 5.91 Å². The fourth-order valence-electron chi connectivity index (χ4n) is 2.28. The highest BCUT2D eigenvalue weighted by atomic mass is 79.9. The number of phenols is 1. The maximum absolute atomic E-state index is 11.8. The maximum Gasteiger partial charge on any atom is 0.248 e. The van der Waals surface area contributed by atoms with E-state index in [9.17, 15) is 14.7 Å². The number of hydrogen-bond donors (Lipinski definition) is 2. The highest BCUT2D eigenvalue weighted by Crippen LogP contribution is 2.40. The van der Waals surface area contributed by atoms with Crippen LogP contribution in [0.4, 0.5) is 5.69 Å². The van der Waals surface area contributed by atoms with Gasteiger partial charge in [0.15, 0.2) is 11.5 Å². The van der Waals surface area contributed by atoms with Crippen LogP contribution in [0, 0.1) is 0 Å². The van der Waals surface area contributed by atoms with Crippen LogP contribution in [0.5, 0.6) is 17.2 Å². The van der Waals surface area contributed by atoms with Crippen molar-refractivity contribution < 1.29 is 19.4 Å². The van der Waals surface area contributed by atoms with E-state index in [1.54, 1.807) is 30.3 Å². The second-order valence-corrected chi connectivity index (χ2v) is 7.89. The van der Waals surface area contributed by atoms with Crippen LogP contribution in [-0.4, -0.2) is 16.8 Å². The lowest BCUT2D eigenvalue weighted by atomic mass is 10.0. The smallest absolute Gasteiger partial charge is 0.248 e. The lowest BCUT2D eigenvalue weighted by Crippen LogP contribution is -2.08. The average Bonchev–Trinajstić information content (AvgIpc) is 2.57. The number of ether oxygens (including phenoxy) is 1. The van der Waals surface area contributed by atoms with E-state index in [1.165, 1.54) is 19.1 Å². The molecule has 0 saturated carbocycles. The number of amides is 1. The highest BCUT2D eigenvalue weighted by molar-refractivity contribution is 9.11. The largest absolute Gasteiger partial charge is 0.508 e. The van der Waals surface area contributed by atoms with Crippen molar-refractivity contribution >= 4 is 49.2 Å². The molecule has 0 heterocycles. The van der Waals surface area contributed by atoms with Crippen molar-refractivity contribution in [2.75, 3.05) is 5.32 Å². The van der Waals surface area contributed by atoms with Crippen LogP contribution < -0.4 is 10.1 Å². The van der Waals surface area contributed by atoms with Gasteiger partial charge in [0, 0.05) is 17.3 Å². The zero-order chi connectivity index (χ0) is 20.1. The topological polar surface area (TPSA) is 75.6 Å². The molecule has 27 heavy (non-hydrogen) atoms. The third-order valence-electron chi connectivity index (χ3n) is 3.58. The van der Waals surface area contributed by atoms with Gasteiger partial charge >= 0.3 is 0 Å². The number of anilines is 1. The molecule has 0 aliphatic heterocycles. The molecular formula is C20H19Br2NO4. The second kappa shape index (κ2) is 9.19. The molecule has 0 aromatic heterocycles. The average molecular weight is 497 g/mol. The predicted molar refractivity (Wildman–Crippen MR) is 113 cm³/mol. The van der Waals surface area contributed by atoms with Crippen molar-refractivity contribution in [1.82, 2.24) is 0 Å². The Morgan fingerprint density at radius 1 is 1.11 bits per heavy atom. The van der Waals surface area contributed by atoms with Crippen molar-refractivity contribution in [1.29, 1.82) is 0 Å². The van der Waals surface area contributed by atoms with E-state index in [0.29, 0.717) is 26.1 Å². The Hall–Kier alpha value is -2.12. The van der Waals surface area contributed by atoms with Crippen molar-refractivity contribution in [3.05, 3.63) is 57.0 Å². The van der Waals surface area contributed by atoms with Gasteiger partial charge in [0.25, 0.3) is 0 Å². The van der Waals surface area contributed by atoms with Crippen LogP contribution >= 0.6 is 31.9 Å². The molecule has 0 radical (unpaired) electrons. The standard InChI is InChI=1S/C20H19Br2NO4/c1-11(2)15-10-14(5-6-18(15)25)27-20-16(21)8-13(9-17(20)22)23-19(26)7-4-12(3)24/h4-11,25H,1-3H3,(H,23,26)/b7-4-. The molecule has 5 nitrogen and oxygen atoms in total. The fraction of sp³-hybridized carbons (Fsp3) is 0.200. The van der Waals surface area contributed by atoms with Crippen molar-refractivity contribution in [3.63, 3.8) is 0 Å². The lowest BCUT2D eigenvalue weighted by Gasteiger charge is -2.14. The number of aromatic hydroxyl groups is 1. The summed E-state index contributed by atoms with van der Waals surface area (Å²) >= 11 is 6.88. The summed E-state index contributed by atoms with van der Waals surface area (Å²) in [6.45, 7) is 5.35. The number of allylic oxidation sites excluding steroid dienone is 1. The minimum absolute atomic E-state index is 0.154. The zero-order valence-electron chi connectivity index (χ0n) is 15.0. The summed E-state index contributed by atoms with van der Waals surface area (Å²) in [5, 5.41) is 12.6. The van der Waals surface area contributed by atoms with E-state index in [1.807, 2.05) is 13.8 Å². The third-order valence-corrected chi connectivity index (χ3v) is 4.75. The Labute approximate surface area is 174 Å². The summed E-state index contributed by atoms with van der Waals surface area (Å²) in [5.41, 5.74) is 1.33. The Morgan fingerprint density at radius 2 is 1.74 bits per heavy atom. The van der Waals surface area contributed by atoms with Crippen LogP contribution in [0.1, 0.15) is 32.3 Å². The molecule has 2 aromatic rings. The Kier molecular flexibility index (Phi) is 7.21. The first-order valence-electron chi connectivity index (χ1n) is 8.16. The SMILES string of the molecule is CC(=O)/C=C\C(=O)Nc1cc(Br)c(Oc2ccc(O)c(C(C)C)c2)c(Br)c1. The number of ketones is 1. The van der Waals surface area contributed by atoms with Gasteiger partial charge in [0.1, 0.15) is 11.5 Å². The van der Waals surface area contributed by atoms with E-state index >= 15 is 0 Å². The van der Waals surface area contributed by atoms with Gasteiger partial charge in [-0.1, -0.05) is 13.8 Å². The molecule has 0 unspecified atom stereocenters. The van der Waals surface area contributed by atoms with Crippen molar-refractivity contribution in [3.8, 4) is 17.2 Å². The molecule has 0 aliphatic carbocycles. The normalized spacial score (nSPS) is 11.0. The second-order valence-electron chi connectivity index (χ2n) is 6.18. The van der Waals surface area contributed by atoms with E-state index in [0.717, 1.165) is 5.56 Å². The maximum atomic E-state index is 11.8. The van der Waals surface area contributed by atoms with Crippen LogP contribution in [0.3, 0.4) is 0 Å². The van der Waals surface area contributed by atoms with Gasteiger partial charge in [-0.05, 0) is 81.1 Å². The first-order valence-corrected chi connectivity index (χ1v) is 9.75. The Bertz CT molecular complexity index is 884. The number of phenolic OH excluding ortho intramolecular Hbond substituents is 1. The van der Waals surface area contributed by atoms with E-state index in [4.69, 9.17) is 4.74 Å².